The van der Waals surface area contributed by atoms with E-state index in [0.717, 1.165) is 12.0 Å². The molecule has 0 bridgehead atoms. The molecule has 0 radical (unpaired) electrons. The molecule has 0 aliphatic carbocycles. The van der Waals surface area contributed by atoms with Crippen LogP contribution in [0.1, 0.15) is 32.3 Å². The molecule has 0 aliphatic heterocycles. The Hall–Kier alpha value is -1.46. The van der Waals surface area contributed by atoms with Gasteiger partial charge in [0.15, 0.2) is 11.5 Å². The number of aliphatic carboxylic acids is 1. The molecule has 0 unspecified atom stereocenters. The Balaban J connectivity index is 2.75. The number of ether oxygens (including phenoxy) is 2. The molecule has 0 amide bonds. The standard InChI is InChI=1S/C15H22ClNO4/c1-3-7-21-15-12(16)8-11(9-13(15)20-4-2)10-17-6-5-14(18)19/h8-9,17H,3-7,10H2,1-2H3,(H,18,19). The second kappa shape index (κ2) is 9.47. The van der Waals surface area contributed by atoms with Crippen LogP contribution < -0.4 is 14.8 Å². The summed E-state index contributed by atoms with van der Waals surface area (Å²) in [6, 6.07) is 3.68. The Kier molecular flexibility index (Phi) is 7.93. The van der Waals surface area contributed by atoms with Gasteiger partial charge >= 0.3 is 5.97 Å². The highest BCUT2D eigenvalue weighted by atomic mass is 35.5. The monoisotopic (exact) mass is 315 g/mol. The van der Waals surface area contributed by atoms with Gasteiger partial charge in [0.2, 0.25) is 0 Å². The summed E-state index contributed by atoms with van der Waals surface area (Å²) in [5, 5.41) is 12.2. The molecule has 0 atom stereocenters. The molecule has 0 aliphatic rings. The second-order valence-electron chi connectivity index (χ2n) is 4.51. The molecule has 1 aromatic carbocycles. The third-order valence-electron chi connectivity index (χ3n) is 2.66. The largest absolute Gasteiger partial charge is 0.490 e. The number of nitrogens with one attached hydrogen (secondary N) is 1. The first-order chi connectivity index (χ1) is 10.1. The Morgan fingerprint density at radius 3 is 2.71 bits per heavy atom. The lowest BCUT2D eigenvalue weighted by Gasteiger charge is -2.15. The molecule has 6 heteroatoms. The number of hydrogen-bond acceptors (Lipinski definition) is 4. The Bertz CT molecular complexity index is 465. The van der Waals surface area contributed by atoms with Gasteiger partial charge in [-0.3, -0.25) is 4.79 Å². The van der Waals surface area contributed by atoms with Crippen molar-refractivity contribution in [2.75, 3.05) is 19.8 Å². The zero-order chi connectivity index (χ0) is 15.7. The maximum Gasteiger partial charge on any atom is 0.304 e. The van der Waals surface area contributed by atoms with Crippen molar-refractivity contribution in [1.29, 1.82) is 0 Å². The third-order valence-corrected chi connectivity index (χ3v) is 2.95. The predicted octanol–water partition coefficient (Wildman–Crippen LogP) is 3.09. The molecule has 0 saturated carbocycles. The van der Waals surface area contributed by atoms with E-state index in [4.69, 9.17) is 26.2 Å². The van der Waals surface area contributed by atoms with Crippen LogP contribution in [0.4, 0.5) is 0 Å². The summed E-state index contributed by atoms with van der Waals surface area (Å²) in [5.74, 6) is 0.363. The van der Waals surface area contributed by atoms with Crippen LogP contribution in [0.2, 0.25) is 5.02 Å². The first-order valence-corrected chi connectivity index (χ1v) is 7.46. The van der Waals surface area contributed by atoms with Gasteiger partial charge in [-0.2, -0.15) is 0 Å². The zero-order valence-electron chi connectivity index (χ0n) is 12.4. The van der Waals surface area contributed by atoms with Crippen molar-refractivity contribution in [2.45, 2.75) is 33.2 Å². The molecule has 0 heterocycles. The lowest BCUT2D eigenvalue weighted by atomic mass is 10.2. The number of carboxylic acid groups (broad SMARTS) is 1. The van der Waals surface area contributed by atoms with Crippen LogP contribution in [0.25, 0.3) is 0 Å². The highest BCUT2D eigenvalue weighted by Gasteiger charge is 2.12. The summed E-state index contributed by atoms with van der Waals surface area (Å²) in [5.41, 5.74) is 0.928. The van der Waals surface area contributed by atoms with Gasteiger partial charge < -0.3 is 19.9 Å². The molecule has 118 valence electrons. The summed E-state index contributed by atoms with van der Waals surface area (Å²) < 4.78 is 11.2. The van der Waals surface area contributed by atoms with E-state index in [-0.39, 0.29) is 6.42 Å². The average Bonchev–Trinajstić information content (AvgIpc) is 2.43. The summed E-state index contributed by atoms with van der Waals surface area (Å²) in [6.45, 7) is 5.96. The van der Waals surface area contributed by atoms with Gasteiger partial charge in [0.25, 0.3) is 0 Å². The molecule has 1 rings (SSSR count). The average molecular weight is 316 g/mol. The van der Waals surface area contributed by atoms with Crippen LogP contribution >= 0.6 is 11.6 Å². The predicted molar refractivity (Wildman–Crippen MR) is 82.4 cm³/mol. The number of carboxylic acids is 1. The molecule has 0 saturated heterocycles. The number of benzene rings is 1. The highest BCUT2D eigenvalue weighted by molar-refractivity contribution is 6.32. The second-order valence-corrected chi connectivity index (χ2v) is 4.91. The maximum atomic E-state index is 10.5. The lowest BCUT2D eigenvalue weighted by Crippen LogP contribution is -2.17. The van der Waals surface area contributed by atoms with Crippen LogP contribution in [0.5, 0.6) is 11.5 Å². The van der Waals surface area contributed by atoms with Crippen molar-refractivity contribution >= 4 is 17.6 Å². The van der Waals surface area contributed by atoms with Crippen LogP contribution in [0, 0.1) is 0 Å². The van der Waals surface area contributed by atoms with Crippen molar-refractivity contribution in [3.8, 4) is 11.5 Å². The molecule has 0 spiro atoms. The number of carbonyl (C=O) groups is 1. The molecule has 1 aromatic rings. The maximum absolute atomic E-state index is 10.5. The van der Waals surface area contributed by atoms with Crippen molar-refractivity contribution < 1.29 is 19.4 Å². The summed E-state index contributed by atoms with van der Waals surface area (Å²) in [6.07, 6.45) is 0.976. The first kappa shape index (κ1) is 17.6. The normalized spacial score (nSPS) is 10.4. The minimum absolute atomic E-state index is 0.0870. The highest BCUT2D eigenvalue weighted by Crippen LogP contribution is 2.36. The van der Waals surface area contributed by atoms with E-state index in [1.807, 2.05) is 26.0 Å². The van der Waals surface area contributed by atoms with Gasteiger partial charge in [-0.15, -0.1) is 0 Å². The number of rotatable bonds is 10. The fraction of sp³-hybridized carbons (Fsp3) is 0.533. The minimum Gasteiger partial charge on any atom is -0.490 e. The summed E-state index contributed by atoms with van der Waals surface area (Å²) in [4.78, 5) is 10.5. The fourth-order valence-electron chi connectivity index (χ4n) is 1.76. The summed E-state index contributed by atoms with van der Waals surface area (Å²) in [7, 11) is 0. The van der Waals surface area contributed by atoms with Crippen molar-refractivity contribution in [2.24, 2.45) is 0 Å². The van der Waals surface area contributed by atoms with Crippen LogP contribution in [0.15, 0.2) is 12.1 Å². The fourth-order valence-corrected chi connectivity index (χ4v) is 2.05. The van der Waals surface area contributed by atoms with Crippen molar-refractivity contribution in [3.05, 3.63) is 22.7 Å². The number of hydrogen-bond donors (Lipinski definition) is 2. The Morgan fingerprint density at radius 2 is 2.10 bits per heavy atom. The van der Waals surface area contributed by atoms with Crippen molar-refractivity contribution in [1.82, 2.24) is 5.32 Å². The van der Waals surface area contributed by atoms with Gasteiger partial charge in [0.1, 0.15) is 0 Å². The SMILES string of the molecule is CCCOc1c(Cl)cc(CNCCC(=O)O)cc1OCC. The van der Waals surface area contributed by atoms with E-state index in [1.165, 1.54) is 0 Å². The van der Waals surface area contributed by atoms with E-state index in [0.29, 0.717) is 42.8 Å². The lowest BCUT2D eigenvalue weighted by molar-refractivity contribution is -0.136. The van der Waals surface area contributed by atoms with Gasteiger partial charge in [-0.25, -0.2) is 0 Å². The Labute approximate surface area is 130 Å². The van der Waals surface area contributed by atoms with Gasteiger partial charge in [-0.05, 0) is 31.0 Å². The molecular formula is C15H22ClNO4. The number of halogens is 1. The smallest absolute Gasteiger partial charge is 0.304 e. The molecule has 21 heavy (non-hydrogen) atoms. The third kappa shape index (κ3) is 6.23. The quantitative estimate of drug-likeness (QED) is 0.649. The topological polar surface area (TPSA) is 67.8 Å². The summed E-state index contributed by atoms with van der Waals surface area (Å²) >= 11 is 6.24. The zero-order valence-corrected chi connectivity index (χ0v) is 13.2. The minimum atomic E-state index is -0.821. The van der Waals surface area contributed by atoms with E-state index >= 15 is 0 Å². The molecular weight excluding hydrogens is 294 g/mol. The molecule has 0 fully saturated rings. The van der Waals surface area contributed by atoms with Crippen LogP contribution in [-0.2, 0) is 11.3 Å². The first-order valence-electron chi connectivity index (χ1n) is 7.09. The van der Waals surface area contributed by atoms with E-state index in [1.54, 1.807) is 0 Å². The van der Waals surface area contributed by atoms with E-state index in [2.05, 4.69) is 5.32 Å². The molecule has 0 aromatic heterocycles. The van der Waals surface area contributed by atoms with Crippen LogP contribution in [0.3, 0.4) is 0 Å². The van der Waals surface area contributed by atoms with Gasteiger partial charge in [0, 0.05) is 13.1 Å². The van der Waals surface area contributed by atoms with E-state index < -0.39 is 5.97 Å². The van der Waals surface area contributed by atoms with Gasteiger partial charge in [-0.1, -0.05) is 18.5 Å². The molecule has 2 N–H and O–H groups in total. The Morgan fingerprint density at radius 1 is 1.33 bits per heavy atom. The van der Waals surface area contributed by atoms with Gasteiger partial charge in [0.05, 0.1) is 24.7 Å². The van der Waals surface area contributed by atoms with Crippen LogP contribution in [-0.4, -0.2) is 30.8 Å². The van der Waals surface area contributed by atoms with E-state index in [9.17, 15) is 4.79 Å². The van der Waals surface area contributed by atoms with Crippen molar-refractivity contribution in [3.63, 3.8) is 0 Å². The molecule has 5 nitrogen and oxygen atoms in total.